The van der Waals surface area contributed by atoms with Gasteiger partial charge in [-0.1, -0.05) is 10.3 Å². The van der Waals surface area contributed by atoms with E-state index < -0.39 is 5.76 Å². The molecule has 192 valence electrons. The summed E-state index contributed by atoms with van der Waals surface area (Å²) in [5.41, 5.74) is 10.4. The van der Waals surface area contributed by atoms with Crippen molar-refractivity contribution in [1.29, 1.82) is 0 Å². The lowest BCUT2D eigenvalue weighted by atomic mass is 9.87. The summed E-state index contributed by atoms with van der Waals surface area (Å²) in [5, 5.41) is 8.47. The van der Waals surface area contributed by atoms with Gasteiger partial charge in [-0.05, 0) is 99.9 Å². The minimum absolute atomic E-state index is 0.0723. The quantitative estimate of drug-likeness (QED) is 0.377. The Labute approximate surface area is 211 Å². The molecule has 36 heavy (non-hydrogen) atoms. The molecule has 1 amide bonds. The standard InChI is InChI=1S/C27H35N5O4/c1-13-14(2)18(6)23(19(7)15(13)3)24(26-30-36-27(34)32(26)11)29-35-12-22-17(5)16(4)20(8)25(28-22)31(10)21(9)33/h12H2,1-11H3. The van der Waals surface area contributed by atoms with E-state index >= 15 is 0 Å². The maximum atomic E-state index is 12.1. The molecule has 9 heteroatoms. The van der Waals surface area contributed by atoms with Crippen LogP contribution in [0.4, 0.5) is 5.82 Å². The maximum absolute atomic E-state index is 12.1. The third kappa shape index (κ3) is 4.57. The van der Waals surface area contributed by atoms with Crippen molar-refractivity contribution in [2.24, 2.45) is 12.2 Å². The van der Waals surface area contributed by atoms with Gasteiger partial charge in [-0.3, -0.25) is 18.8 Å². The Bertz CT molecular complexity index is 1420. The van der Waals surface area contributed by atoms with Gasteiger partial charge in [-0.2, -0.15) is 0 Å². The lowest BCUT2D eigenvalue weighted by molar-refractivity contribution is -0.116. The van der Waals surface area contributed by atoms with Crippen molar-refractivity contribution in [3.8, 4) is 0 Å². The summed E-state index contributed by atoms with van der Waals surface area (Å²) in [7, 11) is 3.28. The average Bonchev–Trinajstić information content (AvgIpc) is 3.17. The molecule has 0 N–H and O–H groups in total. The molecule has 2 heterocycles. The molecular formula is C27H35N5O4. The van der Waals surface area contributed by atoms with E-state index in [-0.39, 0.29) is 18.3 Å². The predicted molar refractivity (Wildman–Crippen MR) is 140 cm³/mol. The average molecular weight is 494 g/mol. The van der Waals surface area contributed by atoms with Crippen LogP contribution in [0.15, 0.2) is 14.5 Å². The fourth-order valence-corrected chi connectivity index (χ4v) is 4.28. The van der Waals surface area contributed by atoms with Crippen LogP contribution in [0.3, 0.4) is 0 Å². The molecule has 3 aromatic rings. The Morgan fingerprint density at radius 3 is 1.94 bits per heavy atom. The SMILES string of the molecule is CC(=O)N(C)c1nc(CON=C(c2c(C)c(C)c(C)c(C)c2C)c2noc(=O)n2C)c(C)c(C)c1C. The molecule has 0 radical (unpaired) electrons. The predicted octanol–water partition coefficient (Wildman–Crippen LogP) is 4.19. The number of nitrogens with zero attached hydrogens (tertiary/aromatic N) is 5. The van der Waals surface area contributed by atoms with E-state index in [9.17, 15) is 9.59 Å². The number of anilines is 1. The van der Waals surface area contributed by atoms with Crippen molar-refractivity contribution >= 4 is 17.4 Å². The van der Waals surface area contributed by atoms with Crippen LogP contribution < -0.4 is 10.7 Å². The lowest BCUT2D eigenvalue weighted by Gasteiger charge is -2.21. The first kappa shape index (κ1) is 26.8. The number of oxime groups is 1. The number of hydrogen-bond acceptors (Lipinski definition) is 7. The lowest BCUT2D eigenvalue weighted by Crippen LogP contribution is -2.26. The first-order chi connectivity index (χ1) is 16.8. The van der Waals surface area contributed by atoms with Crippen LogP contribution >= 0.6 is 0 Å². The Morgan fingerprint density at radius 2 is 1.44 bits per heavy atom. The van der Waals surface area contributed by atoms with Gasteiger partial charge in [-0.25, -0.2) is 9.78 Å². The highest BCUT2D eigenvalue weighted by atomic mass is 16.6. The normalized spacial score (nSPS) is 11.7. The molecule has 0 spiro atoms. The Morgan fingerprint density at radius 1 is 0.917 bits per heavy atom. The summed E-state index contributed by atoms with van der Waals surface area (Å²) in [6.07, 6.45) is 0. The second kappa shape index (κ2) is 10.1. The molecule has 0 aliphatic rings. The molecule has 3 rings (SSSR count). The van der Waals surface area contributed by atoms with Crippen molar-refractivity contribution in [2.75, 3.05) is 11.9 Å². The highest BCUT2D eigenvalue weighted by Crippen LogP contribution is 2.29. The van der Waals surface area contributed by atoms with Crippen molar-refractivity contribution < 1.29 is 14.2 Å². The number of carbonyl (C=O) groups excluding carboxylic acids is 1. The van der Waals surface area contributed by atoms with E-state index in [1.165, 1.54) is 22.0 Å². The van der Waals surface area contributed by atoms with E-state index in [4.69, 9.17) is 14.3 Å². The monoisotopic (exact) mass is 493 g/mol. The minimum atomic E-state index is -0.586. The van der Waals surface area contributed by atoms with Crippen molar-refractivity contribution in [1.82, 2.24) is 14.7 Å². The largest absolute Gasteiger partial charge is 0.441 e. The van der Waals surface area contributed by atoms with Gasteiger partial charge in [0, 0.05) is 26.6 Å². The first-order valence-corrected chi connectivity index (χ1v) is 11.8. The van der Waals surface area contributed by atoms with Gasteiger partial charge in [0.25, 0.3) is 0 Å². The highest BCUT2D eigenvalue weighted by molar-refractivity contribution is 6.12. The first-order valence-electron chi connectivity index (χ1n) is 11.8. The number of benzene rings is 1. The van der Waals surface area contributed by atoms with E-state index in [2.05, 4.69) is 31.1 Å². The third-order valence-corrected chi connectivity index (χ3v) is 7.53. The number of amides is 1. The van der Waals surface area contributed by atoms with Crippen molar-refractivity contribution in [2.45, 2.75) is 68.9 Å². The van der Waals surface area contributed by atoms with Gasteiger partial charge in [0.15, 0.2) is 12.3 Å². The summed E-state index contributed by atoms with van der Waals surface area (Å²) in [5.74, 6) is 0.167. The second-order valence-electron chi connectivity index (χ2n) is 9.38. The molecule has 0 atom stereocenters. The highest BCUT2D eigenvalue weighted by Gasteiger charge is 2.24. The molecule has 0 saturated carbocycles. The van der Waals surface area contributed by atoms with Crippen LogP contribution in [-0.2, 0) is 23.3 Å². The molecule has 1 aromatic carbocycles. The topological polar surface area (TPSA) is 103 Å². The molecule has 0 saturated heterocycles. The van der Waals surface area contributed by atoms with Crippen LogP contribution in [0.2, 0.25) is 0 Å². The Kier molecular flexibility index (Phi) is 7.52. The smallest absolute Gasteiger partial charge is 0.389 e. The third-order valence-electron chi connectivity index (χ3n) is 7.53. The van der Waals surface area contributed by atoms with Gasteiger partial charge in [0.05, 0.1) is 5.69 Å². The maximum Gasteiger partial charge on any atom is 0.441 e. The van der Waals surface area contributed by atoms with Gasteiger partial charge < -0.3 is 4.84 Å². The Balaban J connectivity index is 2.14. The van der Waals surface area contributed by atoms with Gasteiger partial charge in [-0.15, -0.1) is 0 Å². The molecule has 0 aliphatic carbocycles. The number of hydrogen-bond donors (Lipinski definition) is 0. The molecule has 2 aromatic heterocycles. The zero-order valence-electron chi connectivity index (χ0n) is 23.1. The zero-order chi connectivity index (χ0) is 27.1. The van der Waals surface area contributed by atoms with Crippen molar-refractivity contribution in [3.63, 3.8) is 0 Å². The summed E-state index contributed by atoms with van der Waals surface area (Å²) in [6, 6.07) is 0. The van der Waals surface area contributed by atoms with Gasteiger partial charge in [0.2, 0.25) is 11.7 Å². The fraction of sp³-hybridized carbons (Fsp3) is 0.444. The second-order valence-corrected chi connectivity index (χ2v) is 9.38. The van der Waals surface area contributed by atoms with Gasteiger partial charge in [0.1, 0.15) is 5.82 Å². The molecule has 0 aliphatic heterocycles. The zero-order valence-corrected chi connectivity index (χ0v) is 23.1. The summed E-state index contributed by atoms with van der Waals surface area (Å²) >= 11 is 0. The van der Waals surface area contributed by atoms with E-state index in [0.717, 1.165) is 44.5 Å². The summed E-state index contributed by atoms with van der Waals surface area (Å²) in [6.45, 7) is 17.8. The minimum Gasteiger partial charge on any atom is -0.389 e. The number of pyridine rings is 1. The van der Waals surface area contributed by atoms with Crippen LogP contribution in [0.1, 0.15) is 68.5 Å². The van der Waals surface area contributed by atoms with Crippen LogP contribution in [0, 0.1) is 55.4 Å². The van der Waals surface area contributed by atoms with E-state index in [0.29, 0.717) is 17.2 Å². The van der Waals surface area contributed by atoms with Crippen LogP contribution in [0.5, 0.6) is 0 Å². The molecule has 0 unspecified atom stereocenters. The van der Waals surface area contributed by atoms with E-state index in [1.54, 1.807) is 14.1 Å². The summed E-state index contributed by atoms with van der Waals surface area (Å²) in [4.78, 5) is 36.2. The number of aromatic nitrogens is 3. The van der Waals surface area contributed by atoms with Crippen LogP contribution in [-0.4, -0.2) is 33.4 Å². The van der Waals surface area contributed by atoms with Gasteiger partial charge >= 0.3 is 5.76 Å². The number of rotatable bonds is 6. The molecule has 0 bridgehead atoms. The van der Waals surface area contributed by atoms with Crippen molar-refractivity contribution in [3.05, 3.63) is 72.1 Å². The molecule has 0 fully saturated rings. The Hall–Kier alpha value is -3.75. The number of carbonyl (C=O) groups is 1. The molecule has 9 nitrogen and oxygen atoms in total. The van der Waals surface area contributed by atoms with Crippen LogP contribution in [0.25, 0.3) is 0 Å². The fourth-order valence-electron chi connectivity index (χ4n) is 4.28. The van der Waals surface area contributed by atoms with E-state index in [1.807, 2.05) is 34.6 Å². The summed E-state index contributed by atoms with van der Waals surface area (Å²) < 4.78 is 6.22. The molecular weight excluding hydrogens is 458 g/mol.